The van der Waals surface area contributed by atoms with Gasteiger partial charge in [0.2, 0.25) is 0 Å². The Morgan fingerprint density at radius 1 is 1.44 bits per heavy atom. The molecule has 1 aromatic rings. The fourth-order valence-electron chi connectivity index (χ4n) is 1.38. The highest BCUT2D eigenvalue weighted by Crippen LogP contribution is 2.14. The molecule has 0 aliphatic rings. The molecule has 1 aromatic heterocycles. The Morgan fingerprint density at radius 2 is 2.11 bits per heavy atom. The summed E-state index contributed by atoms with van der Waals surface area (Å²) in [6, 6.07) is 4.66. The van der Waals surface area contributed by atoms with E-state index in [0.717, 1.165) is 0 Å². The van der Waals surface area contributed by atoms with Crippen LogP contribution in [0.4, 0.5) is 13.2 Å². The minimum Gasteiger partial charge on any atom is -0.370 e. The van der Waals surface area contributed by atoms with Crippen LogP contribution in [0.15, 0.2) is 16.9 Å². The van der Waals surface area contributed by atoms with Crippen LogP contribution in [0, 0.1) is 18.3 Å². The van der Waals surface area contributed by atoms with Gasteiger partial charge in [-0.05, 0) is 19.1 Å². The van der Waals surface area contributed by atoms with Crippen LogP contribution < -0.4 is 5.56 Å². The molecule has 0 atom stereocenters. The van der Waals surface area contributed by atoms with Crippen molar-refractivity contribution in [1.82, 2.24) is 4.57 Å². The van der Waals surface area contributed by atoms with E-state index in [1.165, 1.54) is 10.6 Å². The van der Waals surface area contributed by atoms with Gasteiger partial charge in [-0.1, -0.05) is 0 Å². The summed E-state index contributed by atoms with van der Waals surface area (Å²) >= 11 is 0. The molecule has 98 valence electrons. The second-order valence-corrected chi connectivity index (χ2v) is 3.62. The van der Waals surface area contributed by atoms with E-state index < -0.39 is 18.3 Å². The second-order valence-electron chi connectivity index (χ2n) is 3.62. The molecule has 0 radical (unpaired) electrons. The van der Waals surface area contributed by atoms with Crippen molar-refractivity contribution in [3.05, 3.63) is 33.7 Å². The summed E-state index contributed by atoms with van der Waals surface area (Å²) < 4.78 is 41.1. The van der Waals surface area contributed by atoms with Gasteiger partial charge in [-0.15, -0.1) is 0 Å². The maximum absolute atomic E-state index is 11.8. The molecule has 0 saturated heterocycles. The topological polar surface area (TPSA) is 55.0 Å². The smallest absolute Gasteiger partial charge is 0.370 e. The summed E-state index contributed by atoms with van der Waals surface area (Å²) in [7, 11) is 0. The Labute approximate surface area is 101 Å². The fourth-order valence-corrected chi connectivity index (χ4v) is 1.38. The molecule has 0 fully saturated rings. The Hall–Kier alpha value is -1.81. The molecule has 4 nitrogen and oxygen atoms in total. The van der Waals surface area contributed by atoms with E-state index in [1.54, 1.807) is 19.1 Å². The number of alkyl halides is 3. The van der Waals surface area contributed by atoms with Gasteiger partial charge in [0.1, 0.15) is 18.2 Å². The standard InChI is InChI=1S/C11H11F3N2O2/c1-8-2-3-9(6-15)10(17)16(8)4-5-18-7-11(12,13)14/h2-3H,4-5,7H2,1H3. The molecule has 0 aliphatic carbocycles. The van der Waals surface area contributed by atoms with Crippen molar-refractivity contribution in [1.29, 1.82) is 5.26 Å². The predicted molar refractivity (Wildman–Crippen MR) is 57.0 cm³/mol. The molecule has 0 aromatic carbocycles. The molecule has 7 heteroatoms. The molecular weight excluding hydrogens is 249 g/mol. The van der Waals surface area contributed by atoms with Crippen molar-refractivity contribution in [2.24, 2.45) is 0 Å². The molecule has 1 rings (SSSR count). The summed E-state index contributed by atoms with van der Waals surface area (Å²) in [5, 5.41) is 8.67. The first-order valence-electron chi connectivity index (χ1n) is 5.10. The lowest BCUT2D eigenvalue weighted by molar-refractivity contribution is -0.174. The summed E-state index contributed by atoms with van der Waals surface area (Å²) in [4.78, 5) is 11.7. The number of aryl methyl sites for hydroxylation is 1. The van der Waals surface area contributed by atoms with Crippen LogP contribution in [0.2, 0.25) is 0 Å². The van der Waals surface area contributed by atoms with Crippen LogP contribution in [0.5, 0.6) is 0 Å². The van der Waals surface area contributed by atoms with E-state index in [-0.39, 0.29) is 18.7 Å². The summed E-state index contributed by atoms with van der Waals surface area (Å²) in [5.41, 5.74) is -0.000797. The molecule has 0 saturated carbocycles. The van der Waals surface area contributed by atoms with Gasteiger partial charge < -0.3 is 9.30 Å². The Morgan fingerprint density at radius 3 is 2.67 bits per heavy atom. The van der Waals surface area contributed by atoms with Crippen LogP contribution in [-0.2, 0) is 11.3 Å². The van der Waals surface area contributed by atoms with E-state index >= 15 is 0 Å². The lowest BCUT2D eigenvalue weighted by Gasteiger charge is -2.11. The van der Waals surface area contributed by atoms with Gasteiger partial charge in [-0.25, -0.2) is 0 Å². The number of hydrogen-bond acceptors (Lipinski definition) is 3. The largest absolute Gasteiger partial charge is 0.411 e. The third-order valence-corrected chi connectivity index (χ3v) is 2.24. The highest BCUT2D eigenvalue weighted by Gasteiger charge is 2.27. The monoisotopic (exact) mass is 260 g/mol. The predicted octanol–water partition coefficient (Wildman–Crippen LogP) is 1.61. The minimum atomic E-state index is -4.38. The van der Waals surface area contributed by atoms with Crippen molar-refractivity contribution in [3.63, 3.8) is 0 Å². The Balaban J connectivity index is 2.69. The van der Waals surface area contributed by atoms with Gasteiger partial charge in [0.25, 0.3) is 5.56 Å². The first kappa shape index (κ1) is 14.3. The average molecular weight is 260 g/mol. The van der Waals surface area contributed by atoms with Crippen LogP contribution in [0.1, 0.15) is 11.3 Å². The van der Waals surface area contributed by atoms with Crippen LogP contribution >= 0.6 is 0 Å². The Kier molecular flexibility index (Phi) is 4.50. The van der Waals surface area contributed by atoms with E-state index in [4.69, 9.17) is 5.26 Å². The fraction of sp³-hybridized carbons (Fsp3) is 0.455. The minimum absolute atomic E-state index is 0.0176. The van der Waals surface area contributed by atoms with Crippen molar-refractivity contribution >= 4 is 0 Å². The molecule has 1 heterocycles. The third-order valence-electron chi connectivity index (χ3n) is 2.24. The van der Waals surface area contributed by atoms with E-state index in [9.17, 15) is 18.0 Å². The maximum atomic E-state index is 11.8. The quantitative estimate of drug-likeness (QED) is 0.773. The molecular formula is C11H11F3N2O2. The lowest BCUT2D eigenvalue weighted by atomic mass is 10.2. The van der Waals surface area contributed by atoms with Crippen LogP contribution in [0.3, 0.4) is 0 Å². The van der Waals surface area contributed by atoms with Crippen molar-refractivity contribution in [3.8, 4) is 6.07 Å². The summed E-state index contributed by atoms with van der Waals surface area (Å²) in [5.74, 6) is 0. The third kappa shape index (κ3) is 3.89. The van der Waals surface area contributed by atoms with Gasteiger partial charge in [-0.2, -0.15) is 18.4 Å². The van der Waals surface area contributed by atoms with E-state index in [1.807, 2.05) is 0 Å². The van der Waals surface area contributed by atoms with Gasteiger partial charge in [0.15, 0.2) is 0 Å². The molecule has 0 unspecified atom stereocenters. The zero-order chi connectivity index (χ0) is 13.8. The molecule has 18 heavy (non-hydrogen) atoms. The van der Waals surface area contributed by atoms with Crippen molar-refractivity contribution in [2.75, 3.05) is 13.2 Å². The molecule has 0 aliphatic heterocycles. The summed E-state index contributed by atoms with van der Waals surface area (Å²) in [6.07, 6.45) is -4.38. The number of aromatic nitrogens is 1. The number of pyridine rings is 1. The van der Waals surface area contributed by atoms with Gasteiger partial charge >= 0.3 is 6.18 Å². The molecule has 0 bridgehead atoms. The normalized spacial score (nSPS) is 11.3. The zero-order valence-corrected chi connectivity index (χ0v) is 9.62. The number of nitriles is 1. The maximum Gasteiger partial charge on any atom is 0.411 e. The van der Waals surface area contributed by atoms with Crippen molar-refractivity contribution in [2.45, 2.75) is 19.6 Å². The van der Waals surface area contributed by atoms with Crippen LogP contribution in [0.25, 0.3) is 0 Å². The summed E-state index contributed by atoms with van der Waals surface area (Å²) in [6.45, 7) is 0.0243. The van der Waals surface area contributed by atoms with Gasteiger partial charge in [0, 0.05) is 12.2 Å². The molecule has 0 amide bonds. The van der Waals surface area contributed by atoms with E-state index in [2.05, 4.69) is 4.74 Å². The lowest BCUT2D eigenvalue weighted by Crippen LogP contribution is -2.27. The first-order chi connectivity index (χ1) is 8.35. The number of halogens is 3. The molecule has 0 N–H and O–H groups in total. The SMILES string of the molecule is Cc1ccc(C#N)c(=O)n1CCOCC(F)(F)F. The second kappa shape index (κ2) is 5.69. The van der Waals surface area contributed by atoms with Gasteiger partial charge in [-0.3, -0.25) is 4.79 Å². The Bertz CT molecular complexity index is 514. The highest BCUT2D eigenvalue weighted by atomic mass is 19.4. The van der Waals surface area contributed by atoms with Crippen LogP contribution in [-0.4, -0.2) is 24.0 Å². The first-order valence-corrected chi connectivity index (χ1v) is 5.10. The van der Waals surface area contributed by atoms with Crippen molar-refractivity contribution < 1.29 is 17.9 Å². The number of rotatable bonds is 4. The number of hydrogen-bond donors (Lipinski definition) is 0. The average Bonchev–Trinajstić information content (AvgIpc) is 2.26. The molecule has 0 spiro atoms. The highest BCUT2D eigenvalue weighted by molar-refractivity contribution is 5.27. The van der Waals surface area contributed by atoms with E-state index in [0.29, 0.717) is 5.69 Å². The number of nitrogens with zero attached hydrogens (tertiary/aromatic N) is 2. The van der Waals surface area contributed by atoms with Gasteiger partial charge in [0.05, 0.1) is 6.61 Å². The zero-order valence-electron chi connectivity index (χ0n) is 9.62. The number of ether oxygens (including phenoxy) is 1.